The highest BCUT2D eigenvalue weighted by atomic mass is 16.5. The predicted molar refractivity (Wildman–Crippen MR) is 86.5 cm³/mol. The summed E-state index contributed by atoms with van der Waals surface area (Å²) >= 11 is 0. The van der Waals surface area contributed by atoms with Gasteiger partial charge in [-0.05, 0) is 51.6 Å². The number of rotatable bonds is 6. The zero-order chi connectivity index (χ0) is 15.4. The SMILES string of the molecule is NC1=CNCCC1N1CCC(C(N)OC[NH2+]C2CCC2)CC1. The number of ether oxygens (including phenoxy) is 1. The second-order valence-corrected chi connectivity index (χ2v) is 7.00. The molecule has 3 rings (SSSR count). The van der Waals surface area contributed by atoms with Gasteiger partial charge in [0.2, 0.25) is 0 Å². The third-order valence-electron chi connectivity index (χ3n) is 5.56. The minimum Gasteiger partial charge on any atom is -0.400 e. The van der Waals surface area contributed by atoms with Crippen LogP contribution in [0.25, 0.3) is 0 Å². The maximum Gasteiger partial charge on any atom is 0.182 e. The summed E-state index contributed by atoms with van der Waals surface area (Å²) in [4.78, 5) is 2.51. The Morgan fingerprint density at radius 2 is 2.05 bits per heavy atom. The molecule has 0 radical (unpaired) electrons. The minimum absolute atomic E-state index is 0.112. The molecule has 7 N–H and O–H groups in total. The Labute approximate surface area is 133 Å². The molecule has 1 aliphatic carbocycles. The fourth-order valence-electron chi connectivity index (χ4n) is 3.74. The Hall–Kier alpha value is -0.820. The van der Waals surface area contributed by atoms with Gasteiger partial charge in [0.15, 0.2) is 6.73 Å². The number of nitrogens with one attached hydrogen (secondary N) is 1. The summed E-state index contributed by atoms with van der Waals surface area (Å²) in [6.45, 7) is 3.89. The lowest BCUT2D eigenvalue weighted by Gasteiger charge is -2.40. The normalized spacial score (nSPS) is 29.5. The highest BCUT2D eigenvalue weighted by Crippen LogP contribution is 2.24. The van der Waals surface area contributed by atoms with Crippen molar-refractivity contribution in [1.29, 1.82) is 0 Å². The van der Waals surface area contributed by atoms with Crippen LogP contribution in [0.15, 0.2) is 11.9 Å². The topological polar surface area (TPSA) is 93.2 Å². The van der Waals surface area contributed by atoms with Gasteiger partial charge in [0.1, 0.15) is 6.23 Å². The van der Waals surface area contributed by atoms with E-state index in [2.05, 4.69) is 15.5 Å². The monoisotopic (exact) mass is 310 g/mol. The molecular formula is C16H32N5O+. The van der Waals surface area contributed by atoms with Crippen LogP contribution in [-0.2, 0) is 4.74 Å². The fourth-order valence-corrected chi connectivity index (χ4v) is 3.74. The number of quaternary nitrogens is 1. The van der Waals surface area contributed by atoms with E-state index in [0.29, 0.717) is 12.0 Å². The van der Waals surface area contributed by atoms with Gasteiger partial charge in [-0.2, -0.15) is 0 Å². The van der Waals surface area contributed by atoms with E-state index in [4.69, 9.17) is 16.2 Å². The van der Waals surface area contributed by atoms with Crippen LogP contribution < -0.4 is 22.1 Å². The number of likely N-dealkylation sites (tertiary alicyclic amines) is 1. The van der Waals surface area contributed by atoms with Crippen molar-refractivity contribution >= 4 is 0 Å². The van der Waals surface area contributed by atoms with Gasteiger partial charge < -0.3 is 26.8 Å². The molecule has 0 amide bonds. The van der Waals surface area contributed by atoms with Gasteiger partial charge in [-0.15, -0.1) is 0 Å². The average Bonchev–Trinajstić information content (AvgIpc) is 2.50. The Morgan fingerprint density at radius 1 is 1.27 bits per heavy atom. The second-order valence-electron chi connectivity index (χ2n) is 7.00. The van der Waals surface area contributed by atoms with Crippen molar-refractivity contribution in [3.05, 3.63) is 11.9 Å². The van der Waals surface area contributed by atoms with E-state index in [9.17, 15) is 0 Å². The lowest BCUT2D eigenvalue weighted by atomic mass is 9.93. The quantitative estimate of drug-likeness (QED) is 0.484. The van der Waals surface area contributed by atoms with Gasteiger partial charge >= 0.3 is 0 Å². The Balaban J connectivity index is 1.37. The summed E-state index contributed by atoms with van der Waals surface area (Å²) in [5, 5.41) is 5.52. The van der Waals surface area contributed by atoms with E-state index in [-0.39, 0.29) is 6.23 Å². The molecule has 2 aliphatic heterocycles. The first kappa shape index (κ1) is 16.1. The molecule has 2 heterocycles. The largest absolute Gasteiger partial charge is 0.400 e. The summed E-state index contributed by atoms with van der Waals surface area (Å²) < 4.78 is 5.85. The first-order valence-corrected chi connectivity index (χ1v) is 8.87. The van der Waals surface area contributed by atoms with Crippen LogP contribution in [0.4, 0.5) is 0 Å². The number of piperidine rings is 1. The molecule has 22 heavy (non-hydrogen) atoms. The van der Waals surface area contributed by atoms with Gasteiger partial charge in [0, 0.05) is 24.4 Å². The summed E-state index contributed by atoms with van der Waals surface area (Å²) in [6, 6.07) is 1.19. The molecule has 0 aromatic carbocycles. The third-order valence-corrected chi connectivity index (χ3v) is 5.56. The van der Waals surface area contributed by atoms with E-state index >= 15 is 0 Å². The summed E-state index contributed by atoms with van der Waals surface area (Å²) in [5.74, 6) is 0.484. The van der Waals surface area contributed by atoms with Crippen LogP contribution in [0.5, 0.6) is 0 Å². The Morgan fingerprint density at radius 3 is 2.68 bits per heavy atom. The standard InChI is InChI=1S/C16H31N5O/c17-14-10-19-7-4-15(14)21-8-5-12(6-9-21)16(18)22-11-20-13-2-1-3-13/h10,12-13,15-16,19-20H,1-9,11,17-18H2/p+1. The fraction of sp³-hybridized carbons (Fsp3) is 0.875. The van der Waals surface area contributed by atoms with Gasteiger partial charge in [0.25, 0.3) is 0 Å². The molecule has 1 saturated carbocycles. The van der Waals surface area contributed by atoms with Crippen LogP contribution >= 0.6 is 0 Å². The first-order chi connectivity index (χ1) is 10.7. The molecule has 126 valence electrons. The Bertz CT molecular complexity index is 377. The molecule has 6 nitrogen and oxygen atoms in total. The number of hydrogen-bond donors (Lipinski definition) is 4. The van der Waals surface area contributed by atoms with E-state index < -0.39 is 0 Å². The lowest BCUT2D eigenvalue weighted by molar-refractivity contribution is -0.729. The number of nitrogens with two attached hydrogens (primary N) is 3. The minimum atomic E-state index is -0.112. The second kappa shape index (κ2) is 7.64. The third kappa shape index (κ3) is 3.93. The van der Waals surface area contributed by atoms with Gasteiger partial charge in [-0.25, -0.2) is 0 Å². The zero-order valence-electron chi connectivity index (χ0n) is 13.5. The van der Waals surface area contributed by atoms with Crippen LogP contribution in [0.1, 0.15) is 38.5 Å². The molecule has 0 aromatic rings. The molecule has 0 bridgehead atoms. The number of nitrogens with zero attached hydrogens (tertiary/aromatic N) is 1. The summed E-state index contributed by atoms with van der Waals surface area (Å²) in [5.41, 5.74) is 13.3. The molecule has 0 spiro atoms. The smallest absolute Gasteiger partial charge is 0.182 e. The van der Waals surface area contributed by atoms with Crippen molar-refractivity contribution < 1.29 is 10.1 Å². The zero-order valence-corrected chi connectivity index (χ0v) is 13.5. The maximum atomic E-state index is 6.24. The number of hydrogen-bond acceptors (Lipinski definition) is 5. The lowest BCUT2D eigenvalue weighted by Crippen LogP contribution is -2.92. The predicted octanol–water partition coefficient (Wildman–Crippen LogP) is -0.765. The van der Waals surface area contributed by atoms with Crippen molar-refractivity contribution in [3.63, 3.8) is 0 Å². The highest BCUT2D eigenvalue weighted by molar-refractivity contribution is 5.10. The van der Waals surface area contributed by atoms with E-state index in [1.165, 1.54) is 19.3 Å². The van der Waals surface area contributed by atoms with E-state index in [1.54, 1.807) is 0 Å². The first-order valence-electron chi connectivity index (χ1n) is 8.87. The molecule has 2 fully saturated rings. The summed E-state index contributed by atoms with van der Waals surface area (Å²) in [6.07, 6.45) is 9.23. The Kier molecular flexibility index (Phi) is 5.57. The molecule has 0 aromatic heterocycles. The van der Waals surface area contributed by atoms with Crippen LogP contribution in [-0.4, -0.2) is 49.6 Å². The van der Waals surface area contributed by atoms with Gasteiger partial charge in [0.05, 0.1) is 12.1 Å². The van der Waals surface area contributed by atoms with Gasteiger partial charge in [-0.3, -0.25) is 4.90 Å². The highest BCUT2D eigenvalue weighted by Gasteiger charge is 2.30. The molecule has 1 saturated heterocycles. The van der Waals surface area contributed by atoms with Crippen LogP contribution in [0.2, 0.25) is 0 Å². The van der Waals surface area contributed by atoms with Crippen molar-refractivity contribution in [2.45, 2.75) is 56.8 Å². The van der Waals surface area contributed by atoms with Crippen molar-refractivity contribution in [2.75, 3.05) is 26.4 Å². The summed E-state index contributed by atoms with van der Waals surface area (Å²) in [7, 11) is 0. The van der Waals surface area contributed by atoms with Crippen molar-refractivity contribution in [1.82, 2.24) is 10.2 Å². The maximum absolute atomic E-state index is 6.24. The average molecular weight is 310 g/mol. The molecule has 2 atom stereocenters. The van der Waals surface area contributed by atoms with Crippen LogP contribution in [0.3, 0.4) is 0 Å². The molecular weight excluding hydrogens is 278 g/mol. The molecule has 2 unspecified atom stereocenters. The van der Waals surface area contributed by atoms with E-state index in [1.807, 2.05) is 6.20 Å². The molecule has 3 aliphatic rings. The molecule has 6 heteroatoms. The van der Waals surface area contributed by atoms with Crippen molar-refractivity contribution in [2.24, 2.45) is 17.4 Å². The van der Waals surface area contributed by atoms with E-state index in [0.717, 1.165) is 57.4 Å². The van der Waals surface area contributed by atoms with Crippen LogP contribution in [0, 0.1) is 5.92 Å². The van der Waals surface area contributed by atoms with Crippen molar-refractivity contribution in [3.8, 4) is 0 Å². The van der Waals surface area contributed by atoms with Gasteiger partial charge in [-0.1, -0.05) is 0 Å².